The molecule has 2 amide bonds. The van der Waals surface area contributed by atoms with Crippen LogP contribution < -0.4 is 15.4 Å². The third-order valence-corrected chi connectivity index (χ3v) is 4.06. The lowest BCUT2D eigenvalue weighted by Crippen LogP contribution is -2.38. The van der Waals surface area contributed by atoms with Crippen molar-refractivity contribution >= 4 is 6.03 Å². The van der Waals surface area contributed by atoms with E-state index in [4.69, 9.17) is 4.74 Å². The Morgan fingerprint density at radius 1 is 0.962 bits per heavy atom. The second-order valence-electron chi connectivity index (χ2n) is 5.80. The normalized spacial score (nSPS) is 11.4. The van der Waals surface area contributed by atoms with Gasteiger partial charge in [-0.1, -0.05) is 42.5 Å². The summed E-state index contributed by atoms with van der Waals surface area (Å²) >= 11 is 0. The molecule has 0 radical (unpaired) electrons. The van der Waals surface area contributed by atoms with Crippen molar-refractivity contribution in [2.75, 3.05) is 7.11 Å². The summed E-state index contributed by atoms with van der Waals surface area (Å²) in [5.74, 6) is 0.792. The number of ether oxygens (including phenoxy) is 1. The van der Waals surface area contributed by atoms with E-state index in [1.165, 1.54) is 0 Å². The van der Waals surface area contributed by atoms with Gasteiger partial charge in [0.2, 0.25) is 0 Å². The number of methoxy groups -OCH3 is 1. The maximum absolute atomic E-state index is 12.4. The molecule has 1 aromatic heterocycles. The highest BCUT2D eigenvalue weighted by Gasteiger charge is 2.16. The van der Waals surface area contributed by atoms with Gasteiger partial charge in [0.25, 0.3) is 0 Å². The number of carbonyl (C=O) groups is 1. The zero-order valence-corrected chi connectivity index (χ0v) is 14.6. The Bertz CT molecular complexity index is 781. The van der Waals surface area contributed by atoms with E-state index in [1.54, 1.807) is 19.5 Å². The largest absolute Gasteiger partial charge is 0.497 e. The second kappa shape index (κ2) is 8.67. The van der Waals surface area contributed by atoms with Crippen LogP contribution in [0.4, 0.5) is 4.79 Å². The van der Waals surface area contributed by atoms with Crippen LogP contribution in [0, 0.1) is 0 Å². The summed E-state index contributed by atoms with van der Waals surface area (Å²) in [5.41, 5.74) is 2.99. The number of urea groups is 1. The molecule has 0 fully saturated rings. The molecule has 0 bridgehead atoms. The molecule has 26 heavy (non-hydrogen) atoms. The molecule has 1 atom stereocenters. The summed E-state index contributed by atoms with van der Waals surface area (Å²) in [7, 11) is 1.63. The van der Waals surface area contributed by atoms with Crippen molar-refractivity contribution in [3.8, 4) is 5.75 Å². The average Bonchev–Trinajstić information content (AvgIpc) is 2.72. The fourth-order valence-corrected chi connectivity index (χ4v) is 2.67. The van der Waals surface area contributed by atoms with E-state index in [9.17, 15) is 4.79 Å². The van der Waals surface area contributed by atoms with Gasteiger partial charge in [0.15, 0.2) is 0 Å². The Morgan fingerprint density at radius 3 is 2.27 bits per heavy atom. The van der Waals surface area contributed by atoms with Crippen molar-refractivity contribution in [2.45, 2.75) is 12.6 Å². The van der Waals surface area contributed by atoms with E-state index in [1.807, 2.05) is 66.7 Å². The third-order valence-electron chi connectivity index (χ3n) is 4.06. The van der Waals surface area contributed by atoms with E-state index < -0.39 is 0 Å². The summed E-state index contributed by atoms with van der Waals surface area (Å²) in [6, 6.07) is 20.8. The second-order valence-corrected chi connectivity index (χ2v) is 5.80. The van der Waals surface area contributed by atoms with Crippen LogP contribution >= 0.6 is 0 Å². The Morgan fingerprint density at radius 2 is 1.62 bits per heavy atom. The Kier molecular flexibility index (Phi) is 5.83. The predicted octanol–water partition coefficient (Wildman–Crippen LogP) is 3.68. The summed E-state index contributed by atoms with van der Waals surface area (Å²) in [5, 5.41) is 5.94. The number of amides is 2. The van der Waals surface area contributed by atoms with Gasteiger partial charge in [0, 0.05) is 18.9 Å². The minimum atomic E-state index is -0.241. The molecule has 0 aliphatic rings. The van der Waals surface area contributed by atoms with Gasteiger partial charge in [0.1, 0.15) is 5.75 Å². The van der Waals surface area contributed by atoms with E-state index >= 15 is 0 Å². The molecule has 132 valence electrons. The number of hydrogen-bond acceptors (Lipinski definition) is 3. The number of nitrogens with zero attached hydrogens (tertiary/aromatic N) is 1. The lowest BCUT2D eigenvalue weighted by molar-refractivity contribution is 0.238. The standard InChI is InChI=1S/C21H21N3O2/c1-26-19-9-7-16(8-10-19)15-23-21(25)24-20(17-5-3-2-4-6-17)18-11-13-22-14-12-18/h2-14,20H,15H2,1H3,(H2,23,24,25)/t20-/m1/s1. The number of benzene rings is 2. The highest BCUT2D eigenvalue weighted by atomic mass is 16.5. The number of pyridine rings is 1. The summed E-state index contributed by atoms with van der Waals surface area (Å²) in [6.45, 7) is 0.438. The van der Waals surface area contributed by atoms with Crippen LogP contribution in [0.1, 0.15) is 22.7 Å². The van der Waals surface area contributed by atoms with Gasteiger partial charge in [-0.3, -0.25) is 4.98 Å². The quantitative estimate of drug-likeness (QED) is 0.715. The fourth-order valence-electron chi connectivity index (χ4n) is 2.67. The highest BCUT2D eigenvalue weighted by molar-refractivity contribution is 5.75. The molecule has 0 saturated carbocycles. The van der Waals surface area contributed by atoms with Gasteiger partial charge in [-0.15, -0.1) is 0 Å². The monoisotopic (exact) mass is 347 g/mol. The van der Waals surface area contributed by atoms with Crippen molar-refractivity contribution in [3.05, 3.63) is 95.8 Å². The van der Waals surface area contributed by atoms with E-state index in [2.05, 4.69) is 15.6 Å². The molecule has 5 nitrogen and oxygen atoms in total. The first kappa shape index (κ1) is 17.5. The van der Waals surface area contributed by atoms with Gasteiger partial charge < -0.3 is 15.4 Å². The molecule has 5 heteroatoms. The number of carbonyl (C=O) groups excluding carboxylic acids is 1. The molecule has 0 spiro atoms. The molecular formula is C21H21N3O2. The molecular weight excluding hydrogens is 326 g/mol. The van der Waals surface area contributed by atoms with Crippen molar-refractivity contribution in [2.24, 2.45) is 0 Å². The van der Waals surface area contributed by atoms with Crippen LogP contribution in [0.25, 0.3) is 0 Å². The first-order chi connectivity index (χ1) is 12.8. The zero-order chi connectivity index (χ0) is 18.2. The first-order valence-electron chi connectivity index (χ1n) is 8.38. The highest BCUT2D eigenvalue weighted by Crippen LogP contribution is 2.21. The summed E-state index contributed by atoms with van der Waals surface area (Å²) < 4.78 is 5.14. The number of rotatable bonds is 6. The van der Waals surface area contributed by atoms with Crippen LogP contribution in [0.15, 0.2) is 79.1 Å². The van der Waals surface area contributed by atoms with E-state index in [0.29, 0.717) is 6.54 Å². The SMILES string of the molecule is COc1ccc(CNC(=O)N[C@H](c2ccccc2)c2ccncc2)cc1. The van der Waals surface area contributed by atoms with Crippen LogP contribution in [0.3, 0.4) is 0 Å². The summed E-state index contributed by atoms with van der Waals surface area (Å²) in [4.78, 5) is 16.5. The summed E-state index contributed by atoms with van der Waals surface area (Å²) in [6.07, 6.45) is 3.45. The van der Waals surface area contributed by atoms with Crippen molar-refractivity contribution in [1.29, 1.82) is 0 Å². The molecule has 0 saturated heterocycles. The first-order valence-corrected chi connectivity index (χ1v) is 8.38. The molecule has 0 aliphatic heterocycles. The molecule has 2 N–H and O–H groups in total. The van der Waals surface area contributed by atoms with Gasteiger partial charge >= 0.3 is 6.03 Å². The van der Waals surface area contributed by atoms with Gasteiger partial charge in [-0.05, 0) is 41.0 Å². The Hall–Kier alpha value is -3.34. The Labute approximate surface area is 153 Å². The van der Waals surface area contributed by atoms with Crippen molar-refractivity contribution in [3.63, 3.8) is 0 Å². The van der Waals surface area contributed by atoms with Crippen LogP contribution in [0.5, 0.6) is 5.75 Å². The molecule has 0 aliphatic carbocycles. The number of nitrogens with one attached hydrogen (secondary N) is 2. The Balaban J connectivity index is 1.67. The molecule has 3 aromatic rings. The fraction of sp³-hybridized carbons (Fsp3) is 0.143. The van der Waals surface area contributed by atoms with E-state index in [0.717, 1.165) is 22.4 Å². The predicted molar refractivity (Wildman–Crippen MR) is 101 cm³/mol. The average molecular weight is 347 g/mol. The van der Waals surface area contributed by atoms with Crippen LogP contribution in [-0.4, -0.2) is 18.1 Å². The van der Waals surface area contributed by atoms with E-state index in [-0.39, 0.29) is 12.1 Å². The maximum Gasteiger partial charge on any atom is 0.315 e. The molecule has 2 aromatic carbocycles. The minimum Gasteiger partial charge on any atom is -0.497 e. The number of hydrogen-bond donors (Lipinski definition) is 2. The molecule has 0 unspecified atom stereocenters. The third kappa shape index (κ3) is 4.60. The van der Waals surface area contributed by atoms with Gasteiger partial charge in [-0.2, -0.15) is 0 Å². The lowest BCUT2D eigenvalue weighted by Gasteiger charge is -2.20. The maximum atomic E-state index is 12.4. The van der Waals surface area contributed by atoms with Crippen molar-refractivity contribution in [1.82, 2.24) is 15.6 Å². The van der Waals surface area contributed by atoms with Gasteiger partial charge in [0.05, 0.1) is 13.2 Å². The number of aromatic nitrogens is 1. The topological polar surface area (TPSA) is 63.2 Å². The molecule has 3 rings (SSSR count). The van der Waals surface area contributed by atoms with Crippen LogP contribution in [0.2, 0.25) is 0 Å². The minimum absolute atomic E-state index is 0.230. The van der Waals surface area contributed by atoms with Crippen molar-refractivity contribution < 1.29 is 9.53 Å². The zero-order valence-electron chi connectivity index (χ0n) is 14.6. The lowest BCUT2D eigenvalue weighted by atomic mass is 10.00. The van der Waals surface area contributed by atoms with Gasteiger partial charge in [-0.25, -0.2) is 4.79 Å². The van der Waals surface area contributed by atoms with Crippen LogP contribution in [-0.2, 0) is 6.54 Å². The smallest absolute Gasteiger partial charge is 0.315 e. The molecule has 1 heterocycles.